The predicted octanol–water partition coefficient (Wildman–Crippen LogP) is 3.17. The van der Waals surface area contributed by atoms with E-state index in [0.717, 1.165) is 41.3 Å². The SMILES string of the molecule is COCc1ccccc1CNC(=O)CN1CCNCC1c1ccccc1Cl.Cl. The first-order valence-corrected chi connectivity index (χ1v) is 9.58. The molecule has 0 aromatic heterocycles. The molecule has 1 unspecified atom stereocenters. The number of halogens is 2. The van der Waals surface area contributed by atoms with E-state index in [1.165, 1.54) is 0 Å². The van der Waals surface area contributed by atoms with E-state index in [4.69, 9.17) is 16.3 Å². The summed E-state index contributed by atoms with van der Waals surface area (Å²) in [4.78, 5) is 14.8. The van der Waals surface area contributed by atoms with Crippen LogP contribution in [0, 0.1) is 0 Å². The molecule has 5 nitrogen and oxygen atoms in total. The minimum absolute atomic E-state index is 0. The number of nitrogens with zero attached hydrogens (tertiary/aromatic N) is 1. The number of benzene rings is 2. The molecule has 0 saturated carbocycles. The van der Waals surface area contributed by atoms with Crippen LogP contribution in [0.1, 0.15) is 22.7 Å². The Morgan fingerprint density at radius 1 is 1.21 bits per heavy atom. The van der Waals surface area contributed by atoms with Crippen molar-refractivity contribution in [2.75, 3.05) is 33.3 Å². The van der Waals surface area contributed by atoms with Gasteiger partial charge in [-0.15, -0.1) is 12.4 Å². The molecule has 1 aliphatic heterocycles. The van der Waals surface area contributed by atoms with E-state index in [1.54, 1.807) is 7.11 Å². The zero-order valence-corrected chi connectivity index (χ0v) is 17.6. The number of rotatable bonds is 7. The quantitative estimate of drug-likeness (QED) is 0.717. The number of piperazine rings is 1. The van der Waals surface area contributed by atoms with Gasteiger partial charge in [0.2, 0.25) is 5.91 Å². The minimum atomic E-state index is 0. The molecule has 1 saturated heterocycles. The van der Waals surface area contributed by atoms with Crippen molar-refractivity contribution in [3.05, 3.63) is 70.2 Å². The smallest absolute Gasteiger partial charge is 0.234 e. The molecule has 2 aromatic carbocycles. The molecule has 28 heavy (non-hydrogen) atoms. The van der Waals surface area contributed by atoms with Crippen LogP contribution in [0.2, 0.25) is 5.02 Å². The summed E-state index contributed by atoms with van der Waals surface area (Å²) in [5.41, 5.74) is 3.23. The molecular formula is C21H27Cl2N3O2. The first-order chi connectivity index (χ1) is 13.2. The highest BCUT2D eigenvalue weighted by molar-refractivity contribution is 6.31. The number of carbonyl (C=O) groups is 1. The summed E-state index contributed by atoms with van der Waals surface area (Å²) in [6, 6.07) is 15.9. The van der Waals surface area contributed by atoms with Gasteiger partial charge < -0.3 is 15.4 Å². The molecule has 2 N–H and O–H groups in total. The van der Waals surface area contributed by atoms with E-state index in [1.807, 2.05) is 48.5 Å². The van der Waals surface area contributed by atoms with Crippen LogP contribution in [0.15, 0.2) is 48.5 Å². The van der Waals surface area contributed by atoms with Crippen LogP contribution in [-0.4, -0.2) is 44.1 Å². The molecule has 152 valence electrons. The Morgan fingerprint density at radius 3 is 2.68 bits per heavy atom. The Bertz CT molecular complexity index is 773. The second-order valence-corrected chi connectivity index (χ2v) is 7.10. The first-order valence-electron chi connectivity index (χ1n) is 9.20. The van der Waals surface area contributed by atoms with Crippen LogP contribution in [0.5, 0.6) is 0 Å². The lowest BCUT2D eigenvalue weighted by molar-refractivity contribution is -0.123. The third-order valence-electron chi connectivity index (χ3n) is 4.86. The molecule has 1 atom stereocenters. The van der Waals surface area contributed by atoms with Gasteiger partial charge in [-0.3, -0.25) is 9.69 Å². The molecular weight excluding hydrogens is 397 g/mol. The van der Waals surface area contributed by atoms with E-state index in [0.29, 0.717) is 19.7 Å². The number of nitrogens with one attached hydrogen (secondary N) is 2. The zero-order chi connectivity index (χ0) is 19.1. The van der Waals surface area contributed by atoms with E-state index in [9.17, 15) is 4.79 Å². The number of amides is 1. The van der Waals surface area contributed by atoms with Gasteiger partial charge in [-0.1, -0.05) is 54.1 Å². The second-order valence-electron chi connectivity index (χ2n) is 6.69. The van der Waals surface area contributed by atoms with Gasteiger partial charge in [-0.2, -0.15) is 0 Å². The highest BCUT2D eigenvalue weighted by atomic mass is 35.5. The van der Waals surface area contributed by atoms with Crippen molar-refractivity contribution >= 4 is 29.9 Å². The molecule has 0 aliphatic carbocycles. The summed E-state index contributed by atoms with van der Waals surface area (Å²) >= 11 is 6.38. The van der Waals surface area contributed by atoms with Crippen LogP contribution in [0.25, 0.3) is 0 Å². The van der Waals surface area contributed by atoms with Gasteiger partial charge in [0.1, 0.15) is 0 Å². The van der Waals surface area contributed by atoms with E-state index in [-0.39, 0.29) is 24.4 Å². The van der Waals surface area contributed by atoms with Gasteiger partial charge in [0.05, 0.1) is 13.2 Å². The summed E-state index contributed by atoms with van der Waals surface area (Å²) in [5, 5.41) is 7.18. The molecule has 0 bridgehead atoms. The maximum Gasteiger partial charge on any atom is 0.234 e. The zero-order valence-electron chi connectivity index (χ0n) is 16.0. The summed E-state index contributed by atoms with van der Waals surface area (Å²) < 4.78 is 5.23. The fraction of sp³-hybridized carbons (Fsp3) is 0.381. The molecule has 1 heterocycles. The molecule has 0 spiro atoms. The lowest BCUT2D eigenvalue weighted by atomic mass is 10.0. The topological polar surface area (TPSA) is 53.6 Å². The van der Waals surface area contributed by atoms with Gasteiger partial charge in [0.25, 0.3) is 0 Å². The summed E-state index contributed by atoms with van der Waals surface area (Å²) in [7, 11) is 1.68. The second kappa shape index (κ2) is 11.4. The fourth-order valence-corrected chi connectivity index (χ4v) is 3.71. The average molecular weight is 424 g/mol. The summed E-state index contributed by atoms with van der Waals surface area (Å²) in [6.07, 6.45) is 0. The van der Waals surface area contributed by atoms with Crippen molar-refractivity contribution in [3.8, 4) is 0 Å². The van der Waals surface area contributed by atoms with Crippen LogP contribution in [-0.2, 0) is 22.7 Å². The van der Waals surface area contributed by atoms with Crippen molar-refractivity contribution in [1.82, 2.24) is 15.5 Å². The maximum absolute atomic E-state index is 12.6. The Labute approximate surface area is 177 Å². The predicted molar refractivity (Wildman–Crippen MR) is 115 cm³/mol. The van der Waals surface area contributed by atoms with Crippen molar-refractivity contribution in [2.45, 2.75) is 19.2 Å². The highest BCUT2D eigenvalue weighted by Gasteiger charge is 2.26. The lowest BCUT2D eigenvalue weighted by Crippen LogP contribution is -2.49. The minimum Gasteiger partial charge on any atom is -0.380 e. The Hall–Kier alpha value is -1.63. The van der Waals surface area contributed by atoms with E-state index >= 15 is 0 Å². The van der Waals surface area contributed by atoms with E-state index < -0.39 is 0 Å². The van der Waals surface area contributed by atoms with Crippen LogP contribution < -0.4 is 10.6 Å². The van der Waals surface area contributed by atoms with Crippen molar-refractivity contribution < 1.29 is 9.53 Å². The molecule has 0 radical (unpaired) electrons. The Kier molecular flexibility index (Phi) is 9.22. The average Bonchev–Trinajstić information content (AvgIpc) is 2.69. The normalized spacial score (nSPS) is 17.0. The van der Waals surface area contributed by atoms with Crippen molar-refractivity contribution in [2.24, 2.45) is 0 Å². The first kappa shape index (κ1) is 22.7. The summed E-state index contributed by atoms with van der Waals surface area (Å²) in [5.74, 6) is 0.0150. The monoisotopic (exact) mass is 423 g/mol. The number of hydrogen-bond acceptors (Lipinski definition) is 4. The number of carbonyl (C=O) groups excluding carboxylic acids is 1. The molecule has 2 aromatic rings. The third kappa shape index (κ3) is 5.93. The lowest BCUT2D eigenvalue weighted by Gasteiger charge is -2.36. The summed E-state index contributed by atoms with van der Waals surface area (Å²) in [6.45, 7) is 3.85. The van der Waals surface area contributed by atoms with Gasteiger partial charge in [-0.25, -0.2) is 0 Å². The molecule has 1 fully saturated rings. The standard InChI is InChI=1S/C21H26ClN3O2.ClH/c1-27-15-17-7-3-2-6-16(17)12-24-21(26)14-25-11-10-23-13-20(25)18-8-4-5-9-19(18)22;/h2-9,20,23H,10-15H2,1H3,(H,24,26);1H. The van der Waals surface area contributed by atoms with Crippen LogP contribution >= 0.6 is 24.0 Å². The maximum atomic E-state index is 12.6. The Balaban J connectivity index is 0.00000280. The Morgan fingerprint density at radius 2 is 1.93 bits per heavy atom. The molecule has 3 rings (SSSR count). The van der Waals surface area contributed by atoms with Gasteiger partial charge in [0, 0.05) is 44.4 Å². The van der Waals surface area contributed by atoms with Crippen LogP contribution in [0.3, 0.4) is 0 Å². The van der Waals surface area contributed by atoms with E-state index in [2.05, 4.69) is 15.5 Å². The van der Waals surface area contributed by atoms with Gasteiger partial charge in [-0.05, 0) is 22.8 Å². The third-order valence-corrected chi connectivity index (χ3v) is 5.20. The molecule has 1 aliphatic rings. The van der Waals surface area contributed by atoms with Crippen LogP contribution in [0.4, 0.5) is 0 Å². The van der Waals surface area contributed by atoms with Gasteiger partial charge in [0.15, 0.2) is 0 Å². The largest absolute Gasteiger partial charge is 0.380 e. The molecule has 1 amide bonds. The highest BCUT2D eigenvalue weighted by Crippen LogP contribution is 2.28. The number of methoxy groups -OCH3 is 1. The fourth-order valence-electron chi connectivity index (χ4n) is 3.45. The van der Waals surface area contributed by atoms with Crippen molar-refractivity contribution in [3.63, 3.8) is 0 Å². The number of ether oxygens (including phenoxy) is 1. The van der Waals surface area contributed by atoms with Crippen molar-refractivity contribution in [1.29, 1.82) is 0 Å². The van der Waals surface area contributed by atoms with Gasteiger partial charge >= 0.3 is 0 Å². The number of hydrogen-bond donors (Lipinski definition) is 2. The molecule has 7 heteroatoms.